The van der Waals surface area contributed by atoms with E-state index in [0.717, 1.165) is 25.7 Å². The summed E-state index contributed by atoms with van der Waals surface area (Å²) in [5, 5.41) is 0. The number of alkyl halides is 1. The third-order valence-corrected chi connectivity index (χ3v) is 4.35. The molecule has 20 heavy (non-hydrogen) atoms. The lowest BCUT2D eigenvalue weighted by Crippen LogP contribution is -2.13. The van der Waals surface area contributed by atoms with Crippen molar-refractivity contribution in [2.24, 2.45) is 0 Å². The van der Waals surface area contributed by atoms with Crippen molar-refractivity contribution in [1.82, 2.24) is 0 Å². The molecular weight excluding hydrogens is 247 g/mol. The maximum absolute atomic E-state index is 13.2. The van der Waals surface area contributed by atoms with E-state index in [1.165, 1.54) is 36.8 Å². The molecule has 0 aliphatic heterocycles. The summed E-state index contributed by atoms with van der Waals surface area (Å²) in [6.45, 7) is 2.23. The van der Waals surface area contributed by atoms with Crippen molar-refractivity contribution in [3.8, 4) is 0 Å². The standard InChI is InChI=1S/C19H27F/c1-2-3-4-5-6-7-16-8-10-17(11-9-16)18-12-14-19(20)15-13-18/h6-11,18-19H,2-5,12-15H2,1H3/t18-,19-. The van der Waals surface area contributed by atoms with E-state index >= 15 is 0 Å². The number of rotatable bonds is 6. The SMILES string of the molecule is CCCCCC=Cc1ccc([C@H]2CC[C@H](F)CC2)cc1. The van der Waals surface area contributed by atoms with Gasteiger partial charge in [-0.15, -0.1) is 0 Å². The molecule has 0 atom stereocenters. The molecule has 0 heterocycles. The number of hydrogen-bond acceptors (Lipinski definition) is 0. The van der Waals surface area contributed by atoms with Crippen molar-refractivity contribution < 1.29 is 4.39 Å². The molecule has 0 unspecified atom stereocenters. The Kier molecular flexibility index (Phi) is 6.29. The Labute approximate surface area is 123 Å². The first-order chi connectivity index (χ1) is 9.79. The minimum atomic E-state index is -0.559. The first kappa shape index (κ1) is 15.3. The fourth-order valence-electron chi connectivity index (χ4n) is 3.00. The molecule has 2 rings (SSSR count). The van der Waals surface area contributed by atoms with E-state index in [1.807, 2.05) is 0 Å². The van der Waals surface area contributed by atoms with E-state index in [9.17, 15) is 4.39 Å². The fourth-order valence-corrected chi connectivity index (χ4v) is 3.00. The second kappa shape index (κ2) is 8.24. The second-order valence-corrected chi connectivity index (χ2v) is 6.01. The Bertz CT molecular complexity index is 396. The number of benzene rings is 1. The van der Waals surface area contributed by atoms with Gasteiger partial charge in [-0.3, -0.25) is 0 Å². The van der Waals surface area contributed by atoms with Crippen LogP contribution in [-0.4, -0.2) is 6.17 Å². The molecule has 1 fully saturated rings. The quantitative estimate of drug-likeness (QED) is 0.536. The highest BCUT2D eigenvalue weighted by Gasteiger charge is 2.21. The van der Waals surface area contributed by atoms with Crippen molar-refractivity contribution in [3.63, 3.8) is 0 Å². The summed E-state index contributed by atoms with van der Waals surface area (Å²) in [5.41, 5.74) is 2.67. The van der Waals surface area contributed by atoms with Gasteiger partial charge >= 0.3 is 0 Å². The van der Waals surface area contributed by atoms with Gasteiger partial charge in [0, 0.05) is 0 Å². The van der Waals surface area contributed by atoms with Gasteiger partial charge in [0.2, 0.25) is 0 Å². The third kappa shape index (κ3) is 4.77. The van der Waals surface area contributed by atoms with Crippen LogP contribution < -0.4 is 0 Å². The van der Waals surface area contributed by atoms with Crippen LogP contribution in [0.25, 0.3) is 6.08 Å². The maximum Gasteiger partial charge on any atom is 0.100 e. The van der Waals surface area contributed by atoms with Crippen LogP contribution >= 0.6 is 0 Å². The molecule has 0 saturated heterocycles. The van der Waals surface area contributed by atoms with Gasteiger partial charge in [0.1, 0.15) is 6.17 Å². The monoisotopic (exact) mass is 274 g/mol. The summed E-state index contributed by atoms with van der Waals surface area (Å²) in [6, 6.07) is 8.87. The van der Waals surface area contributed by atoms with Gasteiger partial charge in [-0.2, -0.15) is 0 Å². The minimum absolute atomic E-state index is 0.559. The second-order valence-electron chi connectivity index (χ2n) is 6.01. The average molecular weight is 274 g/mol. The van der Waals surface area contributed by atoms with Gasteiger partial charge in [-0.05, 0) is 55.6 Å². The van der Waals surface area contributed by atoms with Gasteiger partial charge in [-0.25, -0.2) is 4.39 Å². The summed E-state index contributed by atoms with van der Waals surface area (Å²) in [4.78, 5) is 0. The average Bonchev–Trinajstić information content (AvgIpc) is 2.49. The van der Waals surface area contributed by atoms with Crippen LogP contribution in [0.3, 0.4) is 0 Å². The van der Waals surface area contributed by atoms with Gasteiger partial charge in [-0.1, -0.05) is 56.2 Å². The smallest absolute Gasteiger partial charge is 0.100 e. The Morgan fingerprint density at radius 3 is 2.40 bits per heavy atom. The topological polar surface area (TPSA) is 0 Å². The Morgan fingerprint density at radius 1 is 1.05 bits per heavy atom. The summed E-state index contributed by atoms with van der Waals surface area (Å²) in [6.07, 6.45) is 12.5. The van der Waals surface area contributed by atoms with E-state index in [0.29, 0.717) is 5.92 Å². The van der Waals surface area contributed by atoms with Gasteiger partial charge < -0.3 is 0 Å². The predicted octanol–water partition coefficient (Wildman–Crippen LogP) is 6.28. The highest BCUT2D eigenvalue weighted by Crippen LogP contribution is 2.34. The van der Waals surface area contributed by atoms with Crippen LogP contribution in [0.15, 0.2) is 30.3 Å². The normalized spacial score (nSPS) is 23.3. The Morgan fingerprint density at radius 2 is 1.75 bits per heavy atom. The zero-order valence-corrected chi connectivity index (χ0v) is 12.7. The number of hydrogen-bond donors (Lipinski definition) is 0. The number of allylic oxidation sites excluding steroid dienone is 1. The Balaban J connectivity index is 1.83. The molecule has 0 aromatic heterocycles. The molecule has 0 radical (unpaired) electrons. The van der Waals surface area contributed by atoms with Crippen molar-refractivity contribution in [1.29, 1.82) is 0 Å². The number of halogens is 1. The zero-order chi connectivity index (χ0) is 14.2. The van der Waals surface area contributed by atoms with Crippen molar-refractivity contribution in [3.05, 3.63) is 41.5 Å². The molecule has 1 aromatic rings. The lowest BCUT2D eigenvalue weighted by molar-refractivity contribution is 0.235. The first-order valence-corrected chi connectivity index (χ1v) is 8.20. The van der Waals surface area contributed by atoms with Crippen LogP contribution in [0, 0.1) is 0 Å². The molecule has 1 saturated carbocycles. The minimum Gasteiger partial charge on any atom is -0.247 e. The summed E-state index contributed by atoms with van der Waals surface area (Å²) in [7, 11) is 0. The van der Waals surface area contributed by atoms with Crippen LogP contribution in [0.1, 0.15) is 75.3 Å². The molecule has 1 aliphatic carbocycles. The van der Waals surface area contributed by atoms with Crippen LogP contribution in [0.2, 0.25) is 0 Å². The maximum atomic E-state index is 13.2. The molecule has 110 valence electrons. The van der Waals surface area contributed by atoms with E-state index < -0.39 is 6.17 Å². The lowest BCUT2D eigenvalue weighted by Gasteiger charge is -2.24. The largest absolute Gasteiger partial charge is 0.247 e. The molecule has 1 aromatic carbocycles. The van der Waals surface area contributed by atoms with Crippen molar-refractivity contribution in [2.45, 2.75) is 70.4 Å². The lowest BCUT2D eigenvalue weighted by atomic mass is 9.83. The molecule has 0 bridgehead atoms. The Hall–Kier alpha value is -1.11. The van der Waals surface area contributed by atoms with Gasteiger partial charge in [0.15, 0.2) is 0 Å². The van der Waals surface area contributed by atoms with E-state index in [4.69, 9.17) is 0 Å². The molecule has 0 N–H and O–H groups in total. The molecular formula is C19H27F. The van der Waals surface area contributed by atoms with Crippen molar-refractivity contribution in [2.75, 3.05) is 0 Å². The highest BCUT2D eigenvalue weighted by molar-refractivity contribution is 5.49. The molecule has 0 nitrogen and oxygen atoms in total. The third-order valence-electron chi connectivity index (χ3n) is 4.35. The van der Waals surface area contributed by atoms with Crippen molar-refractivity contribution >= 4 is 6.08 Å². The highest BCUT2D eigenvalue weighted by atomic mass is 19.1. The van der Waals surface area contributed by atoms with Gasteiger partial charge in [0.05, 0.1) is 0 Å². The summed E-state index contributed by atoms with van der Waals surface area (Å²) in [5.74, 6) is 0.574. The predicted molar refractivity (Wildman–Crippen MR) is 85.7 cm³/mol. The molecule has 0 spiro atoms. The zero-order valence-electron chi connectivity index (χ0n) is 12.7. The number of unbranched alkanes of at least 4 members (excludes halogenated alkanes) is 3. The van der Waals surface area contributed by atoms with Crippen LogP contribution in [0.5, 0.6) is 0 Å². The molecule has 0 amide bonds. The van der Waals surface area contributed by atoms with Crippen LogP contribution in [-0.2, 0) is 0 Å². The first-order valence-electron chi connectivity index (χ1n) is 8.20. The van der Waals surface area contributed by atoms with Crippen LogP contribution in [0.4, 0.5) is 4.39 Å². The van der Waals surface area contributed by atoms with E-state index in [-0.39, 0.29) is 0 Å². The van der Waals surface area contributed by atoms with E-state index in [2.05, 4.69) is 43.3 Å². The summed E-state index contributed by atoms with van der Waals surface area (Å²) >= 11 is 0. The summed E-state index contributed by atoms with van der Waals surface area (Å²) < 4.78 is 13.2. The van der Waals surface area contributed by atoms with E-state index in [1.54, 1.807) is 0 Å². The van der Waals surface area contributed by atoms with Gasteiger partial charge in [0.25, 0.3) is 0 Å². The fraction of sp³-hybridized carbons (Fsp3) is 0.579. The molecule has 1 heteroatoms. The molecule has 1 aliphatic rings.